The zero-order chi connectivity index (χ0) is 17.9. The Bertz CT molecular complexity index is 902. The molecule has 1 fully saturated rings. The van der Waals surface area contributed by atoms with Gasteiger partial charge in [0, 0.05) is 57.0 Å². The number of anilines is 1. The van der Waals surface area contributed by atoms with Crippen molar-refractivity contribution >= 4 is 11.7 Å². The average molecular weight is 350 g/mol. The number of rotatable bonds is 3. The second-order valence-corrected chi connectivity index (χ2v) is 5.95. The molecule has 0 saturated carbocycles. The van der Waals surface area contributed by atoms with Gasteiger partial charge in [-0.05, 0) is 6.92 Å². The molecule has 0 radical (unpaired) electrons. The summed E-state index contributed by atoms with van der Waals surface area (Å²) < 4.78 is 1.92. The molecule has 0 spiro atoms. The molecule has 0 N–H and O–H groups in total. The minimum atomic E-state index is -0.0878. The van der Waals surface area contributed by atoms with Crippen molar-refractivity contribution in [2.75, 3.05) is 31.1 Å². The molecule has 4 rings (SSSR count). The second kappa shape index (κ2) is 6.87. The second-order valence-electron chi connectivity index (χ2n) is 5.95. The van der Waals surface area contributed by atoms with Gasteiger partial charge in [-0.15, -0.1) is 0 Å². The highest BCUT2D eigenvalue weighted by atomic mass is 16.2. The SMILES string of the molecule is Cc1nccn1-c1cc(N2CCN(C(=O)c3cnccn3)CC2)ncn1. The highest BCUT2D eigenvalue weighted by Crippen LogP contribution is 2.17. The number of aryl methyl sites for hydroxylation is 1. The Morgan fingerprint density at radius 1 is 0.962 bits per heavy atom. The molecule has 0 aromatic carbocycles. The first-order chi connectivity index (χ1) is 12.7. The number of imidazole rings is 1. The lowest BCUT2D eigenvalue weighted by atomic mass is 10.2. The Kier molecular flexibility index (Phi) is 4.26. The maximum Gasteiger partial charge on any atom is 0.274 e. The summed E-state index contributed by atoms with van der Waals surface area (Å²) in [5, 5.41) is 0. The number of hydrogen-bond donors (Lipinski definition) is 0. The Balaban J connectivity index is 1.45. The Morgan fingerprint density at radius 2 is 1.77 bits per heavy atom. The smallest absolute Gasteiger partial charge is 0.274 e. The van der Waals surface area contributed by atoms with Crippen LogP contribution >= 0.6 is 0 Å². The largest absolute Gasteiger partial charge is 0.353 e. The van der Waals surface area contributed by atoms with Crippen LogP contribution in [0, 0.1) is 6.92 Å². The van der Waals surface area contributed by atoms with Crippen LogP contribution in [-0.2, 0) is 0 Å². The number of piperazine rings is 1. The number of carbonyl (C=O) groups excluding carboxylic acids is 1. The molecule has 1 amide bonds. The quantitative estimate of drug-likeness (QED) is 0.687. The van der Waals surface area contributed by atoms with Crippen LogP contribution in [0.15, 0.2) is 43.4 Å². The highest BCUT2D eigenvalue weighted by Gasteiger charge is 2.24. The molecular weight excluding hydrogens is 332 g/mol. The predicted octanol–water partition coefficient (Wildman–Crippen LogP) is 0.723. The van der Waals surface area contributed by atoms with E-state index in [1.807, 2.05) is 23.8 Å². The van der Waals surface area contributed by atoms with Crippen molar-refractivity contribution in [3.63, 3.8) is 0 Å². The van der Waals surface area contributed by atoms with Gasteiger partial charge in [-0.3, -0.25) is 14.3 Å². The van der Waals surface area contributed by atoms with Crippen molar-refractivity contribution in [2.24, 2.45) is 0 Å². The molecule has 0 bridgehead atoms. The Labute approximate surface area is 150 Å². The summed E-state index contributed by atoms with van der Waals surface area (Å²) in [5.41, 5.74) is 0.376. The van der Waals surface area contributed by atoms with E-state index in [4.69, 9.17) is 0 Å². The minimum absolute atomic E-state index is 0.0878. The van der Waals surface area contributed by atoms with Crippen LogP contribution in [0.25, 0.3) is 5.82 Å². The van der Waals surface area contributed by atoms with E-state index < -0.39 is 0 Å². The summed E-state index contributed by atoms with van der Waals surface area (Å²) in [5.74, 6) is 2.40. The van der Waals surface area contributed by atoms with Gasteiger partial charge < -0.3 is 9.80 Å². The molecule has 1 saturated heterocycles. The van der Waals surface area contributed by atoms with Gasteiger partial charge in [0.15, 0.2) is 0 Å². The number of hydrogen-bond acceptors (Lipinski definition) is 7. The normalized spacial score (nSPS) is 14.5. The van der Waals surface area contributed by atoms with Crippen LogP contribution in [0.2, 0.25) is 0 Å². The first-order valence-electron chi connectivity index (χ1n) is 8.35. The molecule has 0 aliphatic carbocycles. The molecule has 132 valence electrons. The first-order valence-corrected chi connectivity index (χ1v) is 8.35. The van der Waals surface area contributed by atoms with Gasteiger partial charge in [0.05, 0.1) is 6.20 Å². The monoisotopic (exact) mass is 350 g/mol. The summed E-state index contributed by atoms with van der Waals surface area (Å²) >= 11 is 0. The van der Waals surface area contributed by atoms with Crippen molar-refractivity contribution in [3.05, 3.63) is 54.9 Å². The van der Waals surface area contributed by atoms with E-state index in [0.717, 1.165) is 17.5 Å². The fraction of sp³-hybridized carbons (Fsp3) is 0.294. The van der Waals surface area contributed by atoms with Crippen LogP contribution in [0.5, 0.6) is 0 Å². The highest BCUT2D eigenvalue weighted by molar-refractivity contribution is 5.92. The third kappa shape index (κ3) is 3.10. The average Bonchev–Trinajstić information content (AvgIpc) is 3.14. The minimum Gasteiger partial charge on any atom is -0.353 e. The molecule has 3 aromatic heterocycles. The van der Waals surface area contributed by atoms with Crippen LogP contribution < -0.4 is 4.90 Å². The molecule has 1 aliphatic rings. The number of nitrogens with zero attached hydrogens (tertiary/aromatic N) is 8. The van der Waals surface area contributed by atoms with Gasteiger partial charge in [-0.2, -0.15) is 0 Å². The van der Waals surface area contributed by atoms with Crippen LogP contribution in [0.4, 0.5) is 5.82 Å². The first kappa shape index (κ1) is 16.1. The van der Waals surface area contributed by atoms with Crippen molar-refractivity contribution < 1.29 is 4.79 Å². The third-order valence-corrected chi connectivity index (χ3v) is 4.38. The van der Waals surface area contributed by atoms with Gasteiger partial charge in [0.1, 0.15) is 29.5 Å². The van der Waals surface area contributed by atoms with Crippen molar-refractivity contribution in [3.8, 4) is 5.82 Å². The molecule has 9 heteroatoms. The Hall–Kier alpha value is -3.36. The molecule has 9 nitrogen and oxygen atoms in total. The summed E-state index contributed by atoms with van der Waals surface area (Å²) in [6.45, 7) is 4.55. The molecule has 1 aliphatic heterocycles. The van der Waals surface area contributed by atoms with Gasteiger partial charge in [0.2, 0.25) is 0 Å². The van der Waals surface area contributed by atoms with Gasteiger partial charge in [-0.1, -0.05) is 0 Å². The van der Waals surface area contributed by atoms with Gasteiger partial charge >= 0.3 is 0 Å². The molecular formula is C17H18N8O. The molecule has 0 atom stereocenters. The van der Waals surface area contributed by atoms with E-state index in [9.17, 15) is 4.79 Å². The van der Waals surface area contributed by atoms with E-state index in [2.05, 4.69) is 29.8 Å². The number of aromatic nitrogens is 6. The lowest BCUT2D eigenvalue weighted by Crippen LogP contribution is -2.49. The zero-order valence-electron chi connectivity index (χ0n) is 14.4. The lowest BCUT2D eigenvalue weighted by molar-refractivity contribution is 0.0740. The Morgan fingerprint density at radius 3 is 2.46 bits per heavy atom. The topological polar surface area (TPSA) is 92.9 Å². The van der Waals surface area contributed by atoms with E-state index in [0.29, 0.717) is 31.9 Å². The van der Waals surface area contributed by atoms with Gasteiger partial charge in [-0.25, -0.2) is 19.9 Å². The maximum atomic E-state index is 12.5. The molecule has 3 aromatic rings. The molecule has 4 heterocycles. The van der Waals surface area contributed by atoms with Crippen molar-refractivity contribution in [1.82, 2.24) is 34.4 Å². The van der Waals surface area contributed by atoms with E-state index >= 15 is 0 Å². The van der Waals surface area contributed by atoms with E-state index in [-0.39, 0.29) is 5.91 Å². The summed E-state index contributed by atoms with van der Waals surface area (Å²) in [7, 11) is 0. The standard InChI is InChI=1S/C17H18N8O/c1-13-19-4-5-25(13)16-10-15(21-12-22-16)23-6-8-24(9-7-23)17(26)14-11-18-2-3-20-14/h2-5,10-12H,6-9H2,1H3. The maximum absolute atomic E-state index is 12.5. The van der Waals surface area contributed by atoms with Crippen LogP contribution in [0.3, 0.4) is 0 Å². The summed E-state index contributed by atoms with van der Waals surface area (Å²) in [4.78, 5) is 37.4. The summed E-state index contributed by atoms with van der Waals surface area (Å²) in [6.07, 6.45) is 9.76. The third-order valence-electron chi connectivity index (χ3n) is 4.38. The fourth-order valence-electron chi connectivity index (χ4n) is 2.97. The summed E-state index contributed by atoms with van der Waals surface area (Å²) in [6, 6.07) is 1.94. The van der Waals surface area contributed by atoms with Crippen molar-refractivity contribution in [1.29, 1.82) is 0 Å². The van der Waals surface area contributed by atoms with Crippen molar-refractivity contribution in [2.45, 2.75) is 6.92 Å². The lowest BCUT2D eigenvalue weighted by Gasteiger charge is -2.35. The number of amides is 1. The zero-order valence-corrected chi connectivity index (χ0v) is 14.4. The molecule has 26 heavy (non-hydrogen) atoms. The van der Waals surface area contributed by atoms with Crippen LogP contribution in [0.1, 0.15) is 16.3 Å². The number of carbonyl (C=O) groups is 1. The van der Waals surface area contributed by atoms with E-state index in [1.165, 1.54) is 12.4 Å². The predicted molar refractivity (Wildman–Crippen MR) is 94.0 cm³/mol. The van der Waals surface area contributed by atoms with E-state index in [1.54, 1.807) is 23.6 Å². The fourth-order valence-corrected chi connectivity index (χ4v) is 2.97. The van der Waals surface area contributed by atoms with Crippen LogP contribution in [-0.4, -0.2) is 66.5 Å². The molecule has 0 unspecified atom stereocenters. The van der Waals surface area contributed by atoms with Gasteiger partial charge in [0.25, 0.3) is 5.91 Å².